The van der Waals surface area contributed by atoms with E-state index < -0.39 is 0 Å². The summed E-state index contributed by atoms with van der Waals surface area (Å²) in [6, 6.07) is 8.57. The monoisotopic (exact) mass is 262 g/mol. The molecule has 1 aliphatic rings. The number of likely N-dealkylation sites (tertiary alicyclic amines) is 1. The van der Waals surface area contributed by atoms with Crippen LogP contribution in [0.15, 0.2) is 24.3 Å². The summed E-state index contributed by atoms with van der Waals surface area (Å²) in [7, 11) is 0. The van der Waals surface area contributed by atoms with Gasteiger partial charge >= 0.3 is 0 Å². The van der Waals surface area contributed by atoms with Crippen LogP contribution in [0.25, 0.3) is 0 Å². The van der Waals surface area contributed by atoms with E-state index in [0.717, 1.165) is 17.2 Å². The van der Waals surface area contributed by atoms with Gasteiger partial charge in [0.25, 0.3) is 0 Å². The third kappa shape index (κ3) is 3.95. The van der Waals surface area contributed by atoms with Gasteiger partial charge in [0.15, 0.2) is 0 Å². The normalized spacial score (nSPS) is 19.3. The highest BCUT2D eigenvalue weighted by Crippen LogP contribution is 2.23. The van der Waals surface area contributed by atoms with Gasteiger partial charge in [-0.1, -0.05) is 19.1 Å². The number of hydrogen-bond acceptors (Lipinski definition) is 3. The van der Waals surface area contributed by atoms with E-state index in [1.807, 2.05) is 18.2 Å². The Kier molecular flexibility index (Phi) is 5.23. The highest BCUT2D eigenvalue weighted by molar-refractivity contribution is 5.46. The second-order valence-corrected chi connectivity index (χ2v) is 5.56. The molecule has 0 bridgehead atoms. The molecule has 0 radical (unpaired) electrons. The number of rotatable bonds is 5. The average Bonchev–Trinajstić information content (AvgIpc) is 2.47. The first-order valence-corrected chi connectivity index (χ1v) is 7.41. The van der Waals surface area contributed by atoms with Crippen molar-refractivity contribution in [3.8, 4) is 0 Å². The first-order valence-electron chi connectivity index (χ1n) is 7.41. The molecule has 106 valence electrons. The molecular formula is C16H26N2O. The molecule has 0 aromatic heterocycles. The van der Waals surface area contributed by atoms with Crippen molar-refractivity contribution in [2.45, 2.75) is 39.3 Å². The molecule has 1 aromatic rings. The van der Waals surface area contributed by atoms with E-state index >= 15 is 0 Å². The first-order chi connectivity index (χ1) is 9.22. The minimum Gasteiger partial charge on any atom is -0.392 e. The average molecular weight is 262 g/mol. The minimum absolute atomic E-state index is 0.110. The summed E-state index contributed by atoms with van der Waals surface area (Å²) in [5.74, 6) is 0.751. The van der Waals surface area contributed by atoms with E-state index in [9.17, 15) is 0 Å². The zero-order valence-corrected chi connectivity index (χ0v) is 12.1. The van der Waals surface area contributed by atoms with Crippen molar-refractivity contribution in [2.75, 3.05) is 25.0 Å². The largest absolute Gasteiger partial charge is 0.392 e. The van der Waals surface area contributed by atoms with Crippen LogP contribution in [0.3, 0.4) is 0 Å². The predicted octanol–water partition coefficient (Wildman–Crippen LogP) is 2.71. The number of aliphatic hydroxyl groups excluding tert-OH is 1. The molecule has 3 heteroatoms. The molecular weight excluding hydrogens is 236 g/mol. The van der Waals surface area contributed by atoms with Gasteiger partial charge in [0.2, 0.25) is 0 Å². The Morgan fingerprint density at radius 2 is 2.11 bits per heavy atom. The molecule has 0 saturated carbocycles. The number of piperidine rings is 1. The number of nitrogens with zero attached hydrogens (tertiary/aromatic N) is 1. The molecule has 2 rings (SSSR count). The van der Waals surface area contributed by atoms with Crippen molar-refractivity contribution in [3.63, 3.8) is 0 Å². The highest BCUT2D eigenvalue weighted by Gasteiger charge is 2.22. The van der Waals surface area contributed by atoms with E-state index in [2.05, 4.69) is 30.1 Å². The van der Waals surface area contributed by atoms with Gasteiger partial charge in [-0.15, -0.1) is 0 Å². The summed E-state index contributed by atoms with van der Waals surface area (Å²) < 4.78 is 0. The van der Waals surface area contributed by atoms with E-state index in [0.29, 0.717) is 6.04 Å². The van der Waals surface area contributed by atoms with Gasteiger partial charge in [0.05, 0.1) is 6.61 Å². The molecule has 1 unspecified atom stereocenters. The Morgan fingerprint density at radius 3 is 2.74 bits per heavy atom. The summed E-state index contributed by atoms with van der Waals surface area (Å²) in [6.07, 6.45) is 2.56. The number of hydrogen-bond donors (Lipinski definition) is 2. The summed E-state index contributed by atoms with van der Waals surface area (Å²) in [6.45, 7) is 8.25. The van der Waals surface area contributed by atoms with Crippen LogP contribution in [-0.4, -0.2) is 35.7 Å². The molecule has 1 heterocycles. The second-order valence-electron chi connectivity index (χ2n) is 5.56. The molecule has 0 aliphatic carbocycles. The van der Waals surface area contributed by atoms with Crippen LogP contribution >= 0.6 is 0 Å². The molecule has 1 saturated heterocycles. The smallest absolute Gasteiger partial charge is 0.0682 e. The van der Waals surface area contributed by atoms with Crippen molar-refractivity contribution in [2.24, 2.45) is 5.92 Å². The molecule has 0 amide bonds. The Morgan fingerprint density at radius 1 is 1.37 bits per heavy atom. The van der Waals surface area contributed by atoms with Crippen molar-refractivity contribution in [3.05, 3.63) is 29.8 Å². The Balaban J connectivity index is 1.88. The van der Waals surface area contributed by atoms with Crippen LogP contribution in [0.4, 0.5) is 5.69 Å². The molecule has 2 N–H and O–H groups in total. The second kappa shape index (κ2) is 6.92. The SMILES string of the molecule is CCN1CCC(C(C)Nc2cccc(CO)c2)CC1. The molecule has 19 heavy (non-hydrogen) atoms. The van der Waals surface area contributed by atoms with Gasteiger partial charge in [-0.25, -0.2) is 0 Å². The van der Waals surface area contributed by atoms with Crippen molar-refractivity contribution < 1.29 is 5.11 Å². The highest BCUT2D eigenvalue weighted by atomic mass is 16.3. The van der Waals surface area contributed by atoms with Crippen LogP contribution in [0.5, 0.6) is 0 Å². The first kappa shape index (κ1) is 14.4. The fourth-order valence-electron chi connectivity index (χ4n) is 2.91. The lowest BCUT2D eigenvalue weighted by Crippen LogP contribution is -2.39. The lowest BCUT2D eigenvalue weighted by molar-refractivity contribution is 0.183. The van der Waals surface area contributed by atoms with Gasteiger partial charge in [-0.3, -0.25) is 0 Å². The number of nitrogens with one attached hydrogen (secondary N) is 1. The van der Waals surface area contributed by atoms with Crippen LogP contribution in [-0.2, 0) is 6.61 Å². The maximum atomic E-state index is 9.17. The minimum atomic E-state index is 0.110. The molecule has 0 spiro atoms. The van der Waals surface area contributed by atoms with E-state index in [-0.39, 0.29) is 6.61 Å². The van der Waals surface area contributed by atoms with Crippen LogP contribution in [0.2, 0.25) is 0 Å². The number of benzene rings is 1. The fourth-order valence-corrected chi connectivity index (χ4v) is 2.91. The summed E-state index contributed by atoms with van der Waals surface area (Å²) in [5, 5.41) is 12.8. The maximum Gasteiger partial charge on any atom is 0.0682 e. The van der Waals surface area contributed by atoms with Crippen molar-refractivity contribution in [1.82, 2.24) is 4.90 Å². The summed E-state index contributed by atoms with van der Waals surface area (Å²) in [5.41, 5.74) is 2.09. The zero-order chi connectivity index (χ0) is 13.7. The number of aliphatic hydroxyl groups is 1. The van der Waals surface area contributed by atoms with Gasteiger partial charge in [0.1, 0.15) is 0 Å². The third-order valence-electron chi connectivity index (χ3n) is 4.29. The Bertz CT molecular complexity index is 386. The quantitative estimate of drug-likeness (QED) is 0.856. The van der Waals surface area contributed by atoms with Gasteiger partial charge in [0, 0.05) is 11.7 Å². The van der Waals surface area contributed by atoms with Gasteiger partial charge in [-0.05, 0) is 63.0 Å². The lowest BCUT2D eigenvalue weighted by Gasteiger charge is -2.34. The standard InChI is InChI=1S/C16H26N2O/c1-3-18-9-7-15(8-10-18)13(2)17-16-6-4-5-14(11-16)12-19/h4-6,11,13,15,17,19H,3,7-10,12H2,1-2H3. The molecule has 1 fully saturated rings. The van der Waals surface area contributed by atoms with Gasteiger partial charge in [-0.2, -0.15) is 0 Å². The Hall–Kier alpha value is -1.06. The predicted molar refractivity (Wildman–Crippen MR) is 80.3 cm³/mol. The fraction of sp³-hybridized carbons (Fsp3) is 0.625. The third-order valence-corrected chi connectivity index (χ3v) is 4.29. The molecule has 1 aromatic carbocycles. The Labute approximate surface area is 116 Å². The van der Waals surface area contributed by atoms with E-state index in [4.69, 9.17) is 5.11 Å². The van der Waals surface area contributed by atoms with E-state index in [1.165, 1.54) is 32.5 Å². The van der Waals surface area contributed by atoms with Crippen LogP contribution < -0.4 is 5.32 Å². The van der Waals surface area contributed by atoms with Crippen LogP contribution in [0.1, 0.15) is 32.3 Å². The number of anilines is 1. The van der Waals surface area contributed by atoms with Crippen molar-refractivity contribution in [1.29, 1.82) is 0 Å². The zero-order valence-electron chi connectivity index (χ0n) is 12.1. The van der Waals surface area contributed by atoms with Gasteiger partial charge < -0.3 is 15.3 Å². The molecule has 1 aliphatic heterocycles. The molecule has 1 atom stereocenters. The van der Waals surface area contributed by atoms with Crippen LogP contribution in [0, 0.1) is 5.92 Å². The topological polar surface area (TPSA) is 35.5 Å². The molecule has 3 nitrogen and oxygen atoms in total. The summed E-state index contributed by atoms with van der Waals surface area (Å²) in [4.78, 5) is 2.52. The van der Waals surface area contributed by atoms with E-state index in [1.54, 1.807) is 0 Å². The summed E-state index contributed by atoms with van der Waals surface area (Å²) >= 11 is 0. The maximum absolute atomic E-state index is 9.17. The van der Waals surface area contributed by atoms with Crippen molar-refractivity contribution >= 4 is 5.69 Å². The lowest BCUT2D eigenvalue weighted by atomic mass is 9.90.